The van der Waals surface area contributed by atoms with E-state index in [2.05, 4.69) is 15.0 Å². The van der Waals surface area contributed by atoms with Crippen molar-refractivity contribution in [1.29, 1.82) is 0 Å². The molecule has 0 unspecified atom stereocenters. The lowest BCUT2D eigenvalue weighted by atomic mass is 10.2. The van der Waals surface area contributed by atoms with E-state index in [0.29, 0.717) is 31.1 Å². The van der Waals surface area contributed by atoms with Crippen LogP contribution in [0.25, 0.3) is 16.6 Å². The van der Waals surface area contributed by atoms with Gasteiger partial charge in [-0.1, -0.05) is 0 Å². The Morgan fingerprint density at radius 1 is 1.03 bits per heavy atom. The number of amides is 2. The average molecular weight is 491 g/mol. The first-order chi connectivity index (χ1) is 17.1. The van der Waals surface area contributed by atoms with Gasteiger partial charge in [0.1, 0.15) is 5.82 Å². The van der Waals surface area contributed by atoms with Gasteiger partial charge in [-0.25, -0.2) is 14.1 Å². The minimum atomic E-state index is -0.290. The number of anilines is 1. The molecule has 8 nitrogen and oxygen atoms in total. The molecule has 35 heavy (non-hydrogen) atoms. The van der Waals surface area contributed by atoms with Gasteiger partial charge in [-0.15, -0.1) is 11.3 Å². The van der Waals surface area contributed by atoms with E-state index in [9.17, 15) is 14.0 Å². The van der Waals surface area contributed by atoms with Crippen LogP contribution < -0.4 is 4.90 Å². The van der Waals surface area contributed by atoms with E-state index in [1.54, 1.807) is 29.2 Å². The van der Waals surface area contributed by atoms with Crippen LogP contribution >= 0.6 is 11.3 Å². The monoisotopic (exact) mass is 490 g/mol. The number of thiazole rings is 1. The van der Waals surface area contributed by atoms with Crippen LogP contribution in [-0.2, 0) is 4.79 Å². The van der Waals surface area contributed by atoms with Crippen LogP contribution in [0.3, 0.4) is 0 Å². The van der Waals surface area contributed by atoms with Gasteiger partial charge in [-0.3, -0.25) is 14.5 Å². The van der Waals surface area contributed by atoms with E-state index >= 15 is 0 Å². The molecular formula is C25H23FN6O2S. The average Bonchev–Trinajstić information content (AvgIpc) is 3.64. The summed E-state index contributed by atoms with van der Waals surface area (Å²) in [4.78, 5) is 35.6. The zero-order valence-corrected chi connectivity index (χ0v) is 19.7. The third-order valence-electron chi connectivity index (χ3n) is 6.77. The molecule has 2 saturated heterocycles. The quantitative estimate of drug-likeness (QED) is 0.439. The van der Waals surface area contributed by atoms with Gasteiger partial charge in [-0.2, -0.15) is 5.10 Å². The second kappa shape index (κ2) is 8.86. The zero-order chi connectivity index (χ0) is 23.9. The molecule has 0 saturated carbocycles. The van der Waals surface area contributed by atoms with Crippen molar-refractivity contribution in [2.75, 3.05) is 37.6 Å². The molecule has 178 valence electrons. The molecule has 0 radical (unpaired) electrons. The van der Waals surface area contributed by atoms with E-state index in [4.69, 9.17) is 0 Å². The Morgan fingerprint density at radius 2 is 1.80 bits per heavy atom. The van der Waals surface area contributed by atoms with Gasteiger partial charge in [0.25, 0.3) is 5.91 Å². The Bertz CT molecular complexity index is 1380. The highest BCUT2D eigenvalue weighted by Gasteiger charge is 2.36. The molecule has 2 fully saturated rings. The second-order valence-electron chi connectivity index (χ2n) is 8.80. The summed E-state index contributed by atoms with van der Waals surface area (Å²) in [7, 11) is 0. The first kappa shape index (κ1) is 21.9. The fourth-order valence-electron chi connectivity index (χ4n) is 4.91. The van der Waals surface area contributed by atoms with Crippen molar-refractivity contribution < 1.29 is 14.0 Å². The highest BCUT2D eigenvalue weighted by Crippen LogP contribution is 2.29. The van der Waals surface area contributed by atoms with E-state index in [0.717, 1.165) is 35.4 Å². The summed E-state index contributed by atoms with van der Waals surface area (Å²) in [6.45, 7) is 3.38. The van der Waals surface area contributed by atoms with Crippen molar-refractivity contribution in [1.82, 2.24) is 24.6 Å². The van der Waals surface area contributed by atoms with Crippen LogP contribution in [0.2, 0.25) is 0 Å². The van der Waals surface area contributed by atoms with Crippen LogP contribution in [0.4, 0.5) is 10.1 Å². The molecule has 2 aliphatic heterocycles. The summed E-state index contributed by atoms with van der Waals surface area (Å²) in [5, 5.41) is 7.71. The number of piperazine rings is 1. The van der Waals surface area contributed by atoms with Gasteiger partial charge in [0, 0.05) is 67.8 Å². The highest BCUT2D eigenvalue weighted by atomic mass is 32.1. The Morgan fingerprint density at radius 3 is 2.54 bits per heavy atom. The van der Waals surface area contributed by atoms with Gasteiger partial charge >= 0.3 is 0 Å². The summed E-state index contributed by atoms with van der Waals surface area (Å²) < 4.78 is 15.1. The smallest absolute Gasteiger partial charge is 0.282 e. The lowest BCUT2D eigenvalue weighted by molar-refractivity contribution is -0.117. The predicted octanol–water partition coefficient (Wildman–Crippen LogP) is 3.18. The van der Waals surface area contributed by atoms with Crippen molar-refractivity contribution in [3.8, 4) is 5.69 Å². The first-order valence-corrected chi connectivity index (χ1v) is 12.4. The number of carbonyl (C=O) groups excluding carboxylic acids is 2. The number of fused-ring (bicyclic) bond motifs is 1. The van der Waals surface area contributed by atoms with E-state index in [-0.39, 0.29) is 23.7 Å². The summed E-state index contributed by atoms with van der Waals surface area (Å²) in [6, 6.07) is 12.2. The van der Waals surface area contributed by atoms with Gasteiger partial charge in [0.2, 0.25) is 5.91 Å². The number of hydrogen-bond acceptors (Lipinski definition) is 6. The second-order valence-corrected chi connectivity index (χ2v) is 9.70. The number of carbonyl (C=O) groups is 2. The summed E-state index contributed by atoms with van der Waals surface area (Å²) in [5.41, 5.74) is 2.52. The van der Waals surface area contributed by atoms with E-state index < -0.39 is 0 Å². The van der Waals surface area contributed by atoms with Crippen LogP contribution in [0.5, 0.6) is 0 Å². The molecule has 0 aliphatic carbocycles. The molecule has 10 heteroatoms. The van der Waals surface area contributed by atoms with Crippen LogP contribution in [0, 0.1) is 5.82 Å². The van der Waals surface area contributed by atoms with Gasteiger partial charge in [0.15, 0.2) is 5.01 Å². The van der Waals surface area contributed by atoms with E-state index in [1.165, 1.54) is 23.5 Å². The third-order valence-corrected chi connectivity index (χ3v) is 7.53. The van der Waals surface area contributed by atoms with Crippen LogP contribution in [0.15, 0.2) is 60.2 Å². The van der Waals surface area contributed by atoms with Crippen molar-refractivity contribution in [2.24, 2.45) is 0 Å². The van der Waals surface area contributed by atoms with Crippen LogP contribution in [-0.4, -0.2) is 75.1 Å². The minimum absolute atomic E-state index is 0.0155. The number of hydrogen-bond donors (Lipinski definition) is 0. The largest absolute Gasteiger partial charge is 0.334 e. The lowest BCUT2D eigenvalue weighted by Gasteiger charge is -2.37. The number of nitrogens with zero attached hydrogens (tertiary/aromatic N) is 6. The molecule has 4 aromatic rings. The molecule has 4 heterocycles. The lowest BCUT2D eigenvalue weighted by Crippen LogP contribution is -2.52. The SMILES string of the molecule is O=C(c1nccs1)N1CCN([C@@H]2CC(=O)N(c3ccc4c(cnn4-c4ccc(F)cc4)c3)C2)CC1. The highest BCUT2D eigenvalue weighted by molar-refractivity contribution is 7.11. The molecule has 2 amide bonds. The third kappa shape index (κ3) is 4.08. The fourth-order valence-corrected chi connectivity index (χ4v) is 5.52. The molecule has 1 atom stereocenters. The molecule has 0 spiro atoms. The molecular weight excluding hydrogens is 467 g/mol. The number of halogens is 1. The number of rotatable bonds is 4. The van der Waals surface area contributed by atoms with Crippen molar-refractivity contribution in [2.45, 2.75) is 12.5 Å². The number of aromatic nitrogens is 3. The van der Waals surface area contributed by atoms with Gasteiger partial charge in [-0.05, 0) is 42.5 Å². The van der Waals surface area contributed by atoms with Crippen molar-refractivity contribution >= 4 is 39.7 Å². The maximum Gasteiger partial charge on any atom is 0.282 e. The van der Waals surface area contributed by atoms with E-state index in [1.807, 2.05) is 33.4 Å². The predicted molar refractivity (Wildman–Crippen MR) is 131 cm³/mol. The topological polar surface area (TPSA) is 74.6 Å². The Hall–Kier alpha value is -3.63. The summed E-state index contributed by atoms with van der Waals surface area (Å²) in [6.07, 6.45) is 3.88. The zero-order valence-electron chi connectivity index (χ0n) is 18.9. The molecule has 2 aromatic heterocycles. The standard InChI is InChI=1S/C25H23FN6O2S/c26-18-1-3-19(4-2-18)32-22-6-5-20(13-17(22)15-28-32)31-16-21(14-23(31)33)29-8-10-30(11-9-29)25(34)24-27-7-12-35-24/h1-7,12-13,15,21H,8-11,14,16H2/t21-/m1/s1. The number of benzene rings is 2. The van der Waals surface area contributed by atoms with Crippen molar-refractivity contribution in [3.63, 3.8) is 0 Å². The molecule has 0 bridgehead atoms. The first-order valence-electron chi connectivity index (χ1n) is 11.5. The molecule has 6 rings (SSSR count). The van der Waals surface area contributed by atoms with Gasteiger partial charge < -0.3 is 9.80 Å². The summed E-state index contributed by atoms with van der Waals surface area (Å²) in [5.74, 6) is -0.207. The molecule has 0 N–H and O–H groups in total. The molecule has 2 aromatic carbocycles. The summed E-state index contributed by atoms with van der Waals surface area (Å²) >= 11 is 1.36. The normalized spacial score (nSPS) is 19.1. The fraction of sp³-hybridized carbons (Fsp3) is 0.280. The minimum Gasteiger partial charge on any atom is -0.334 e. The Balaban J connectivity index is 1.14. The maximum absolute atomic E-state index is 13.3. The maximum atomic E-state index is 13.3. The molecule has 2 aliphatic rings. The van der Waals surface area contributed by atoms with Crippen LogP contribution in [0.1, 0.15) is 16.2 Å². The van der Waals surface area contributed by atoms with Crippen molar-refractivity contribution in [3.05, 3.63) is 71.1 Å². The van der Waals surface area contributed by atoms with Gasteiger partial charge in [0.05, 0.1) is 17.4 Å². The Kier molecular flexibility index (Phi) is 5.54. The Labute approximate surface area is 205 Å².